The highest BCUT2D eigenvalue weighted by atomic mass is 16.5. The van der Waals surface area contributed by atoms with Crippen molar-refractivity contribution in [3.05, 3.63) is 30.0 Å². The first-order chi connectivity index (χ1) is 8.67. The second kappa shape index (κ2) is 4.79. The van der Waals surface area contributed by atoms with Crippen LogP contribution in [0.1, 0.15) is 10.5 Å². The molecule has 0 saturated carbocycles. The smallest absolute Gasteiger partial charge is 0.266 e. The minimum Gasteiger partial charge on any atom is -0.496 e. The minimum atomic E-state index is -0.567. The Morgan fingerprint density at radius 1 is 1.28 bits per heavy atom. The van der Waals surface area contributed by atoms with E-state index in [-0.39, 0.29) is 5.69 Å². The van der Waals surface area contributed by atoms with Crippen molar-refractivity contribution in [3.63, 3.8) is 0 Å². The molecule has 1 amide bonds. The van der Waals surface area contributed by atoms with Crippen LogP contribution in [-0.4, -0.2) is 30.3 Å². The van der Waals surface area contributed by atoms with E-state index in [0.29, 0.717) is 22.8 Å². The second-order valence-electron chi connectivity index (χ2n) is 3.57. The molecule has 0 spiro atoms. The molecule has 18 heavy (non-hydrogen) atoms. The molecule has 0 aliphatic rings. The van der Waals surface area contributed by atoms with Crippen molar-refractivity contribution >= 4 is 5.91 Å². The van der Waals surface area contributed by atoms with E-state index in [1.165, 1.54) is 0 Å². The second-order valence-corrected chi connectivity index (χ2v) is 3.57. The number of carbonyl (C=O) groups excluding carboxylic acids is 1. The number of nitrogens with one attached hydrogen (secondary N) is 1. The van der Waals surface area contributed by atoms with Gasteiger partial charge in [-0.1, -0.05) is 6.07 Å². The Kier molecular flexibility index (Phi) is 3.18. The molecule has 0 radical (unpaired) electrons. The zero-order valence-corrected chi connectivity index (χ0v) is 10.1. The molecule has 2 rings (SSSR count). The topological polar surface area (TPSA) is 90.2 Å². The predicted molar refractivity (Wildman–Crippen MR) is 65.6 cm³/mol. The van der Waals surface area contributed by atoms with Gasteiger partial charge in [0.1, 0.15) is 22.9 Å². The Hall–Kier alpha value is -2.50. The van der Waals surface area contributed by atoms with Crippen LogP contribution in [0.25, 0.3) is 11.3 Å². The average molecular weight is 247 g/mol. The number of rotatable bonds is 4. The molecule has 1 aromatic carbocycles. The number of benzene rings is 1. The zero-order chi connectivity index (χ0) is 13.1. The molecule has 1 heterocycles. The SMILES string of the molecule is COc1cccc(OC)c1-c1cc(C(N)=O)[nH]n1. The van der Waals surface area contributed by atoms with Crippen molar-refractivity contribution < 1.29 is 14.3 Å². The van der Waals surface area contributed by atoms with Crippen molar-refractivity contribution in [2.24, 2.45) is 5.73 Å². The number of amides is 1. The monoisotopic (exact) mass is 247 g/mol. The molecule has 0 aliphatic carbocycles. The number of methoxy groups -OCH3 is 2. The maximum absolute atomic E-state index is 11.0. The number of aromatic nitrogens is 2. The van der Waals surface area contributed by atoms with Crippen LogP contribution in [0.15, 0.2) is 24.3 Å². The molecule has 1 aromatic heterocycles. The first-order valence-electron chi connectivity index (χ1n) is 5.24. The zero-order valence-electron chi connectivity index (χ0n) is 10.1. The third-order valence-electron chi connectivity index (χ3n) is 2.53. The predicted octanol–water partition coefficient (Wildman–Crippen LogP) is 1.19. The number of ether oxygens (including phenoxy) is 2. The normalized spacial score (nSPS) is 10.1. The van der Waals surface area contributed by atoms with E-state index in [1.54, 1.807) is 32.4 Å². The summed E-state index contributed by atoms with van der Waals surface area (Å²) in [7, 11) is 3.11. The van der Waals surface area contributed by atoms with Crippen molar-refractivity contribution in [2.75, 3.05) is 14.2 Å². The standard InChI is InChI=1S/C12H13N3O3/c1-17-9-4-3-5-10(18-2)11(9)7-6-8(12(13)16)15-14-7/h3-6H,1-2H3,(H2,13,16)(H,14,15). The van der Waals surface area contributed by atoms with Gasteiger partial charge in [0.25, 0.3) is 5.91 Å². The van der Waals surface area contributed by atoms with Crippen LogP contribution < -0.4 is 15.2 Å². The molecule has 0 bridgehead atoms. The van der Waals surface area contributed by atoms with Crippen LogP contribution in [0.4, 0.5) is 0 Å². The molecule has 2 aromatic rings. The first kappa shape index (κ1) is 12.0. The van der Waals surface area contributed by atoms with E-state index in [4.69, 9.17) is 15.2 Å². The Morgan fingerprint density at radius 2 is 1.89 bits per heavy atom. The van der Waals surface area contributed by atoms with E-state index in [2.05, 4.69) is 10.2 Å². The molecule has 0 aliphatic heterocycles. The molecule has 6 nitrogen and oxygen atoms in total. The largest absolute Gasteiger partial charge is 0.496 e. The highest BCUT2D eigenvalue weighted by Gasteiger charge is 2.16. The Morgan fingerprint density at radius 3 is 2.33 bits per heavy atom. The van der Waals surface area contributed by atoms with Gasteiger partial charge < -0.3 is 15.2 Å². The summed E-state index contributed by atoms with van der Waals surface area (Å²) in [5.74, 6) is 0.649. The summed E-state index contributed by atoms with van der Waals surface area (Å²) in [6, 6.07) is 6.94. The number of nitrogens with two attached hydrogens (primary N) is 1. The number of carbonyl (C=O) groups is 1. The summed E-state index contributed by atoms with van der Waals surface area (Å²) >= 11 is 0. The number of hydrogen-bond acceptors (Lipinski definition) is 4. The van der Waals surface area contributed by atoms with Crippen LogP contribution >= 0.6 is 0 Å². The van der Waals surface area contributed by atoms with E-state index in [9.17, 15) is 4.79 Å². The van der Waals surface area contributed by atoms with Gasteiger partial charge in [-0.2, -0.15) is 5.10 Å². The fourth-order valence-electron chi connectivity index (χ4n) is 1.68. The van der Waals surface area contributed by atoms with Crippen molar-refractivity contribution in [2.45, 2.75) is 0 Å². The average Bonchev–Trinajstić information content (AvgIpc) is 2.87. The Labute approximate surface area is 104 Å². The number of H-pyrrole nitrogens is 1. The summed E-state index contributed by atoms with van der Waals surface area (Å²) in [6.07, 6.45) is 0. The highest BCUT2D eigenvalue weighted by Crippen LogP contribution is 2.37. The van der Waals surface area contributed by atoms with Crippen LogP contribution in [0.2, 0.25) is 0 Å². The fraction of sp³-hybridized carbons (Fsp3) is 0.167. The van der Waals surface area contributed by atoms with Crippen LogP contribution in [0, 0.1) is 0 Å². The molecule has 6 heteroatoms. The van der Waals surface area contributed by atoms with Crippen LogP contribution in [0.5, 0.6) is 11.5 Å². The molecule has 0 unspecified atom stereocenters. The lowest BCUT2D eigenvalue weighted by Crippen LogP contribution is -2.10. The number of hydrogen-bond donors (Lipinski definition) is 2. The Balaban J connectivity index is 2.57. The fourth-order valence-corrected chi connectivity index (χ4v) is 1.68. The van der Waals surface area contributed by atoms with Gasteiger partial charge in [0.2, 0.25) is 0 Å². The summed E-state index contributed by atoms with van der Waals surface area (Å²) in [5.41, 5.74) is 6.62. The lowest BCUT2D eigenvalue weighted by Gasteiger charge is -2.10. The molecule has 0 fully saturated rings. The molecular formula is C12H13N3O3. The molecular weight excluding hydrogens is 234 g/mol. The molecule has 94 valence electrons. The van der Waals surface area contributed by atoms with Gasteiger partial charge in [-0.25, -0.2) is 0 Å². The molecule has 0 saturated heterocycles. The third-order valence-corrected chi connectivity index (χ3v) is 2.53. The van der Waals surface area contributed by atoms with Gasteiger partial charge in [0, 0.05) is 0 Å². The van der Waals surface area contributed by atoms with Crippen LogP contribution in [0.3, 0.4) is 0 Å². The molecule has 0 atom stereocenters. The van der Waals surface area contributed by atoms with Crippen molar-refractivity contribution in [3.8, 4) is 22.8 Å². The highest BCUT2D eigenvalue weighted by molar-refractivity contribution is 5.92. The van der Waals surface area contributed by atoms with E-state index < -0.39 is 5.91 Å². The van der Waals surface area contributed by atoms with Gasteiger partial charge >= 0.3 is 0 Å². The maximum Gasteiger partial charge on any atom is 0.266 e. The van der Waals surface area contributed by atoms with Gasteiger partial charge in [-0.15, -0.1) is 0 Å². The number of aromatic amines is 1. The van der Waals surface area contributed by atoms with Crippen molar-refractivity contribution in [1.82, 2.24) is 10.2 Å². The van der Waals surface area contributed by atoms with E-state index in [0.717, 1.165) is 0 Å². The van der Waals surface area contributed by atoms with Crippen LogP contribution in [-0.2, 0) is 0 Å². The summed E-state index contributed by atoms with van der Waals surface area (Å²) in [6.45, 7) is 0. The summed E-state index contributed by atoms with van der Waals surface area (Å²) < 4.78 is 10.5. The lowest BCUT2D eigenvalue weighted by molar-refractivity contribution is 0.0995. The minimum absolute atomic E-state index is 0.234. The summed E-state index contributed by atoms with van der Waals surface area (Å²) in [4.78, 5) is 11.0. The van der Waals surface area contributed by atoms with Gasteiger partial charge in [-0.05, 0) is 18.2 Å². The third kappa shape index (κ3) is 2.00. The van der Waals surface area contributed by atoms with E-state index >= 15 is 0 Å². The van der Waals surface area contributed by atoms with Crippen molar-refractivity contribution in [1.29, 1.82) is 0 Å². The van der Waals surface area contributed by atoms with Gasteiger partial charge in [0.15, 0.2) is 0 Å². The number of nitrogens with zero attached hydrogens (tertiary/aromatic N) is 1. The first-order valence-corrected chi connectivity index (χ1v) is 5.24. The maximum atomic E-state index is 11.0. The van der Waals surface area contributed by atoms with E-state index in [1.807, 2.05) is 6.07 Å². The lowest BCUT2D eigenvalue weighted by atomic mass is 10.1. The number of primary amides is 1. The van der Waals surface area contributed by atoms with Gasteiger partial charge in [0.05, 0.1) is 19.8 Å². The quantitative estimate of drug-likeness (QED) is 0.849. The Bertz CT molecular complexity index is 555. The van der Waals surface area contributed by atoms with Gasteiger partial charge in [-0.3, -0.25) is 9.89 Å². The summed E-state index contributed by atoms with van der Waals surface area (Å²) in [5, 5.41) is 6.61. The molecule has 3 N–H and O–H groups in total.